The largest absolute Gasteiger partial charge is 0.383 e. The Morgan fingerprint density at radius 2 is 1.84 bits per heavy atom. The number of carbonyl (C=O) groups is 1. The van der Waals surface area contributed by atoms with Crippen molar-refractivity contribution in [2.75, 3.05) is 12.4 Å². The molecule has 0 fully saturated rings. The average molecular weight is 270 g/mol. The Hall–Kier alpha value is -1.65. The van der Waals surface area contributed by atoms with Gasteiger partial charge < -0.3 is 10.6 Å². The first kappa shape index (κ1) is 15.4. The molecule has 0 heterocycles. The summed E-state index contributed by atoms with van der Waals surface area (Å²) in [6.07, 6.45) is 2.58. The van der Waals surface area contributed by atoms with Gasteiger partial charge in [-0.1, -0.05) is 20.3 Å². The first-order valence-electron chi connectivity index (χ1n) is 6.51. The highest BCUT2D eigenvalue weighted by molar-refractivity contribution is 5.94. The number of nitrogens with one attached hydrogen (secondary N) is 2. The molecule has 1 unspecified atom stereocenters. The maximum absolute atomic E-state index is 13.6. The molecular formula is C14H20F2N2O. The molecule has 0 aliphatic carbocycles. The van der Waals surface area contributed by atoms with Crippen molar-refractivity contribution in [2.24, 2.45) is 0 Å². The second-order valence-electron chi connectivity index (χ2n) is 4.43. The van der Waals surface area contributed by atoms with Crippen molar-refractivity contribution in [1.82, 2.24) is 5.32 Å². The molecule has 0 saturated heterocycles. The number of hydrogen-bond acceptors (Lipinski definition) is 2. The minimum absolute atomic E-state index is 0.00329. The molecular weight excluding hydrogens is 250 g/mol. The molecule has 1 rings (SSSR count). The Bertz CT molecular complexity index is 426. The van der Waals surface area contributed by atoms with Gasteiger partial charge in [0.15, 0.2) is 0 Å². The van der Waals surface area contributed by atoms with Crippen LogP contribution in [0.1, 0.15) is 43.5 Å². The lowest BCUT2D eigenvalue weighted by Gasteiger charge is -2.16. The van der Waals surface area contributed by atoms with Gasteiger partial charge in [-0.2, -0.15) is 0 Å². The summed E-state index contributed by atoms with van der Waals surface area (Å²) in [7, 11) is 1.43. The number of rotatable bonds is 6. The summed E-state index contributed by atoms with van der Waals surface area (Å²) < 4.78 is 27.1. The van der Waals surface area contributed by atoms with Gasteiger partial charge in [-0.25, -0.2) is 8.78 Å². The zero-order valence-electron chi connectivity index (χ0n) is 11.5. The fraction of sp³-hybridized carbons (Fsp3) is 0.500. The van der Waals surface area contributed by atoms with Crippen molar-refractivity contribution in [3.8, 4) is 0 Å². The van der Waals surface area contributed by atoms with Gasteiger partial charge in [0.05, 0.1) is 0 Å². The van der Waals surface area contributed by atoms with E-state index in [4.69, 9.17) is 0 Å². The normalized spacial score (nSPS) is 12.1. The molecule has 2 N–H and O–H groups in total. The van der Waals surface area contributed by atoms with Crippen molar-refractivity contribution in [2.45, 2.75) is 39.2 Å². The van der Waals surface area contributed by atoms with E-state index in [0.29, 0.717) is 0 Å². The van der Waals surface area contributed by atoms with Crippen molar-refractivity contribution in [3.63, 3.8) is 0 Å². The van der Waals surface area contributed by atoms with E-state index in [1.807, 2.05) is 13.8 Å². The van der Waals surface area contributed by atoms with Gasteiger partial charge >= 0.3 is 0 Å². The lowest BCUT2D eigenvalue weighted by molar-refractivity contribution is 0.0933. The van der Waals surface area contributed by atoms with Gasteiger partial charge in [0, 0.05) is 18.7 Å². The molecule has 1 aromatic carbocycles. The molecule has 0 radical (unpaired) electrons. The molecule has 3 nitrogen and oxygen atoms in total. The van der Waals surface area contributed by atoms with Gasteiger partial charge in [-0.3, -0.25) is 4.79 Å². The van der Waals surface area contributed by atoms with Gasteiger partial charge in [0.25, 0.3) is 5.91 Å². The molecule has 19 heavy (non-hydrogen) atoms. The van der Waals surface area contributed by atoms with E-state index >= 15 is 0 Å². The van der Waals surface area contributed by atoms with E-state index in [1.165, 1.54) is 7.05 Å². The van der Waals surface area contributed by atoms with E-state index in [1.54, 1.807) is 0 Å². The summed E-state index contributed by atoms with van der Waals surface area (Å²) in [6, 6.07) is 2.12. The summed E-state index contributed by atoms with van der Waals surface area (Å²) in [4.78, 5) is 11.9. The third-order valence-electron chi connectivity index (χ3n) is 3.02. The van der Waals surface area contributed by atoms with Crippen LogP contribution in [-0.2, 0) is 0 Å². The van der Waals surface area contributed by atoms with Crippen LogP contribution in [0.4, 0.5) is 14.5 Å². The van der Waals surface area contributed by atoms with E-state index in [2.05, 4.69) is 10.6 Å². The molecule has 0 spiro atoms. The summed E-state index contributed by atoms with van der Waals surface area (Å²) in [5.74, 6) is -1.98. The first-order chi connectivity index (χ1) is 9.03. The second kappa shape index (κ2) is 7.07. The number of anilines is 1. The van der Waals surface area contributed by atoms with Crippen LogP contribution in [-0.4, -0.2) is 19.0 Å². The number of carbonyl (C=O) groups excluding carboxylic acids is 1. The predicted octanol–water partition coefficient (Wildman–Crippen LogP) is 3.32. The molecule has 0 aromatic heterocycles. The molecule has 1 atom stereocenters. The van der Waals surface area contributed by atoms with Crippen molar-refractivity contribution >= 4 is 11.6 Å². The number of benzene rings is 1. The van der Waals surface area contributed by atoms with Crippen molar-refractivity contribution in [1.29, 1.82) is 0 Å². The maximum atomic E-state index is 13.6. The van der Waals surface area contributed by atoms with Gasteiger partial charge in [-0.05, 0) is 25.0 Å². The monoisotopic (exact) mass is 270 g/mol. The Labute approximate surface area is 112 Å². The number of halogens is 2. The highest BCUT2D eigenvalue weighted by Gasteiger charge is 2.16. The highest BCUT2D eigenvalue weighted by atomic mass is 19.1. The van der Waals surface area contributed by atoms with Crippen LogP contribution in [0.25, 0.3) is 0 Å². The third kappa shape index (κ3) is 3.91. The number of hydrogen-bond donors (Lipinski definition) is 2. The van der Waals surface area contributed by atoms with Crippen LogP contribution in [0.2, 0.25) is 0 Å². The van der Waals surface area contributed by atoms with E-state index < -0.39 is 17.5 Å². The van der Waals surface area contributed by atoms with Crippen molar-refractivity contribution < 1.29 is 13.6 Å². The molecule has 1 aromatic rings. The minimum Gasteiger partial charge on any atom is -0.383 e. The Morgan fingerprint density at radius 1 is 1.26 bits per heavy atom. The smallest absolute Gasteiger partial charge is 0.251 e. The van der Waals surface area contributed by atoms with Crippen LogP contribution in [0, 0.1) is 11.6 Å². The van der Waals surface area contributed by atoms with Crippen LogP contribution >= 0.6 is 0 Å². The second-order valence-corrected chi connectivity index (χ2v) is 4.43. The zero-order chi connectivity index (χ0) is 14.4. The topological polar surface area (TPSA) is 41.1 Å². The van der Waals surface area contributed by atoms with Gasteiger partial charge in [0.1, 0.15) is 17.3 Å². The molecule has 0 saturated carbocycles. The van der Waals surface area contributed by atoms with Gasteiger partial charge in [-0.15, -0.1) is 0 Å². The Kier molecular flexibility index (Phi) is 5.73. The lowest BCUT2D eigenvalue weighted by Crippen LogP contribution is -2.34. The molecule has 106 valence electrons. The molecule has 5 heteroatoms. The van der Waals surface area contributed by atoms with E-state index in [0.717, 1.165) is 31.4 Å². The highest BCUT2D eigenvalue weighted by Crippen LogP contribution is 2.20. The lowest BCUT2D eigenvalue weighted by atomic mass is 10.1. The Morgan fingerprint density at radius 3 is 2.26 bits per heavy atom. The molecule has 0 aliphatic heterocycles. The fourth-order valence-electron chi connectivity index (χ4n) is 1.94. The first-order valence-corrected chi connectivity index (χ1v) is 6.51. The van der Waals surface area contributed by atoms with Crippen LogP contribution in [0.3, 0.4) is 0 Å². The van der Waals surface area contributed by atoms with Crippen molar-refractivity contribution in [3.05, 3.63) is 29.3 Å². The van der Waals surface area contributed by atoms with E-state index in [9.17, 15) is 13.6 Å². The summed E-state index contributed by atoms with van der Waals surface area (Å²) in [6.45, 7) is 3.99. The molecule has 1 amide bonds. The molecule has 0 aliphatic rings. The fourth-order valence-corrected chi connectivity index (χ4v) is 1.94. The summed E-state index contributed by atoms with van der Waals surface area (Å²) >= 11 is 0. The average Bonchev–Trinajstić information content (AvgIpc) is 2.37. The quantitative estimate of drug-likeness (QED) is 0.832. The SMILES string of the molecule is CCCC(CC)NC(=O)c1cc(F)c(NC)c(F)c1. The van der Waals surface area contributed by atoms with Crippen LogP contribution in [0.5, 0.6) is 0 Å². The summed E-state index contributed by atoms with van der Waals surface area (Å²) in [5, 5.41) is 5.20. The molecule has 0 bridgehead atoms. The Balaban J connectivity index is 2.88. The van der Waals surface area contributed by atoms with E-state index in [-0.39, 0.29) is 17.3 Å². The van der Waals surface area contributed by atoms with Crippen LogP contribution < -0.4 is 10.6 Å². The van der Waals surface area contributed by atoms with Crippen LogP contribution in [0.15, 0.2) is 12.1 Å². The number of amides is 1. The van der Waals surface area contributed by atoms with Gasteiger partial charge in [0.2, 0.25) is 0 Å². The standard InChI is InChI=1S/C14H20F2N2O/c1-4-6-10(5-2)18-14(19)9-7-11(15)13(17-3)12(16)8-9/h7-8,10,17H,4-6H2,1-3H3,(H,18,19). The predicted molar refractivity (Wildman–Crippen MR) is 72.4 cm³/mol. The maximum Gasteiger partial charge on any atom is 0.251 e. The summed E-state index contributed by atoms with van der Waals surface area (Å²) in [5.41, 5.74) is -0.222. The third-order valence-corrected chi connectivity index (χ3v) is 3.02. The minimum atomic E-state index is -0.767. The zero-order valence-corrected chi connectivity index (χ0v) is 11.5.